The number of nitrogens with zero attached hydrogens (tertiary/aromatic N) is 2. The van der Waals surface area contributed by atoms with Crippen molar-refractivity contribution >= 4 is 15.7 Å². The molecular formula is C18H21N3O4S. The van der Waals surface area contributed by atoms with E-state index in [4.69, 9.17) is 5.73 Å². The number of hydrogen-bond donors (Lipinski definition) is 1. The van der Waals surface area contributed by atoms with E-state index in [1.54, 1.807) is 0 Å². The summed E-state index contributed by atoms with van der Waals surface area (Å²) in [5.74, 6) is -0.0382. The quantitative estimate of drug-likeness (QED) is 0.639. The molecule has 0 spiro atoms. The van der Waals surface area contributed by atoms with Crippen molar-refractivity contribution in [3.8, 4) is 0 Å². The Balaban J connectivity index is 2.11. The predicted octanol–water partition coefficient (Wildman–Crippen LogP) is 2.70. The molecule has 1 heterocycles. The lowest BCUT2D eigenvalue weighted by Gasteiger charge is -2.40. The molecule has 1 aliphatic rings. The summed E-state index contributed by atoms with van der Waals surface area (Å²) >= 11 is 0. The molecule has 1 saturated heterocycles. The second kappa shape index (κ2) is 7.53. The molecule has 7 nitrogen and oxygen atoms in total. The third-order valence-corrected chi connectivity index (χ3v) is 6.73. The molecule has 0 saturated carbocycles. The Kier molecular flexibility index (Phi) is 5.36. The van der Waals surface area contributed by atoms with Crippen LogP contribution in [0.15, 0.2) is 59.5 Å². The minimum Gasteiger partial charge on any atom is -0.330 e. The van der Waals surface area contributed by atoms with Gasteiger partial charge in [0.15, 0.2) is 4.90 Å². The average Bonchev–Trinajstić information content (AvgIpc) is 2.68. The van der Waals surface area contributed by atoms with Crippen LogP contribution in [-0.2, 0) is 10.0 Å². The van der Waals surface area contributed by atoms with Gasteiger partial charge in [-0.15, -0.1) is 0 Å². The standard InChI is InChI=1S/C18H21N3O4S/c19-13-15-9-6-12-20(18(15)14-7-2-1-3-8-14)26(24,25)17-11-5-4-10-16(17)21(22)23/h1-5,7-8,10-11,15,18H,6,9,12-13,19H2/t15-,18+/m1/s1. The first-order valence-corrected chi connectivity index (χ1v) is 9.91. The van der Waals surface area contributed by atoms with E-state index in [-0.39, 0.29) is 10.8 Å². The van der Waals surface area contributed by atoms with Gasteiger partial charge in [-0.25, -0.2) is 8.42 Å². The SMILES string of the molecule is NC[C@H]1CCCN(S(=O)(=O)c2ccccc2[N+](=O)[O-])[C@H]1c1ccccc1. The van der Waals surface area contributed by atoms with Gasteiger partial charge in [-0.05, 0) is 36.9 Å². The Morgan fingerprint density at radius 1 is 1.12 bits per heavy atom. The topological polar surface area (TPSA) is 107 Å². The normalized spacial score (nSPS) is 21.4. The third-order valence-electron chi connectivity index (χ3n) is 4.80. The maximum absolute atomic E-state index is 13.3. The number of piperidine rings is 1. The number of nitro groups is 1. The lowest BCUT2D eigenvalue weighted by molar-refractivity contribution is -0.387. The van der Waals surface area contributed by atoms with E-state index >= 15 is 0 Å². The van der Waals surface area contributed by atoms with Crippen molar-refractivity contribution in [2.75, 3.05) is 13.1 Å². The van der Waals surface area contributed by atoms with Crippen LogP contribution in [0.2, 0.25) is 0 Å². The number of benzene rings is 2. The number of rotatable bonds is 5. The Bertz CT molecular complexity index is 886. The van der Waals surface area contributed by atoms with E-state index in [1.807, 2.05) is 30.3 Å². The van der Waals surface area contributed by atoms with Crippen molar-refractivity contribution in [3.63, 3.8) is 0 Å². The molecule has 0 bridgehead atoms. The van der Waals surface area contributed by atoms with Gasteiger partial charge in [0.05, 0.1) is 11.0 Å². The molecule has 0 amide bonds. The van der Waals surface area contributed by atoms with Crippen molar-refractivity contribution in [2.24, 2.45) is 11.7 Å². The first kappa shape index (κ1) is 18.5. The highest BCUT2D eigenvalue weighted by molar-refractivity contribution is 7.89. The van der Waals surface area contributed by atoms with Crippen LogP contribution in [0.3, 0.4) is 0 Å². The highest BCUT2D eigenvalue weighted by Gasteiger charge is 2.41. The van der Waals surface area contributed by atoms with Crippen molar-refractivity contribution in [2.45, 2.75) is 23.8 Å². The molecule has 2 N–H and O–H groups in total. The molecule has 2 aromatic rings. The van der Waals surface area contributed by atoms with Crippen LogP contribution in [0.1, 0.15) is 24.4 Å². The molecule has 26 heavy (non-hydrogen) atoms. The Morgan fingerprint density at radius 2 is 1.77 bits per heavy atom. The van der Waals surface area contributed by atoms with Crippen LogP contribution in [0, 0.1) is 16.0 Å². The van der Waals surface area contributed by atoms with Crippen LogP contribution >= 0.6 is 0 Å². The average molecular weight is 375 g/mol. The van der Waals surface area contributed by atoms with E-state index in [9.17, 15) is 18.5 Å². The zero-order valence-corrected chi connectivity index (χ0v) is 15.0. The molecule has 2 aromatic carbocycles. The van der Waals surface area contributed by atoms with Gasteiger partial charge in [0.1, 0.15) is 0 Å². The van der Waals surface area contributed by atoms with Crippen molar-refractivity contribution in [3.05, 3.63) is 70.3 Å². The molecule has 0 aliphatic carbocycles. The van der Waals surface area contributed by atoms with E-state index in [0.29, 0.717) is 19.5 Å². The van der Waals surface area contributed by atoms with Crippen LogP contribution in [0.5, 0.6) is 0 Å². The van der Waals surface area contributed by atoms with Crippen molar-refractivity contribution < 1.29 is 13.3 Å². The molecule has 1 aliphatic heterocycles. The van der Waals surface area contributed by atoms with Gasteiger partial charge >= 0.3 is 0 Å². The first-order valence-electron chi connectivity index (χ1n) is 8.47. The molecular weight excluding hydrogens is 354 g/mol. The number of sulfonamides is 1. The largest absolute Gasteiger partial charge is 0.330 e. The zero-order chi connectivity index (χ0) is 18.7. The molecule has 1 fully saturated rings. The lowest BCUT2D eigenvalue weighted by Crippen LogP contribution is -2.44. The molecule has 0 aromatic heterocycles. The molecule has 138 valence electrons. The fourth-order valence-corrected chi connectivity index (χ4v) is 5.47. The van der Waals surface area contributed by atoms with Crippen LogP contribution in [0.25, 0.3) is 0 Å². The molecule has 8 heteroatoms. The maximum atomic E-state index is 13.3. The van der Waals surface area contributed by atoms with E-state index in [0.717, 1.165) is 12.0 Å². The molecule has 0 unspecified atom stereocenters. The van der Waals surface area contributed by atoms with Gasteiger partial charge in [0.25, 0.3) is 5.69 Å². The van der Waals surface area contributed by atoms with Gasteiger partial charge in [0, 0.05) is 12.6 Å². The first-order chi connectivity index (χ1) is 12.5. The summed E-state index contributed by atoms with van der Waals surface area (Å²) in [5, 5.41) is 11.3. The lowest BCUT2D eigenvalue weighted by atomic mass is 9.86. The van der Waals surface area contributed by atoms with Crippen LogP contribution in [0.4, 0.5) is 5.69 Å². The molecule has 0 radical (unpaired) electrons. The summed E-state index contributed by atoms with van der Waals surface area (Å²) in [5.41, 5.74) is 6.37. The summed E-state index contributed by atoms with van der Waals surface area (Å²) in [6, 6.07) is 14.4. The minimum absolute atomic E-state index is 0.0382. The van der Waals surface area contributed by atoms with E-state index in [2.05, 4.69) is 0 Å². The smallest absolute Gasteiger partial charge is 0.289 e. The Labute approximate surface area is 152 Å². The fraction of sp³-hybridized carbons (Fsp3) is 0.333. The summed E-state index contributed by atoms with van der Waals surface area (Å²) in [7, 11) is -4.04. The van der Waals surface area contributed by atoms with E-state index in [1.165, 1.54) is 28.6 Å². The van der Waals surface area contributed by atoms with Gasteiger partial charge in [-0.1, -0.05) is 42.5 Å². The Hall–Kier alpha value is -2.29. The van der Waals surface area contributed by atoms with Gasteiger partial charge in [-0.3, -0.25) is 10.1 Å². The molecule has 2 atom stereocenters. The van der Waals surface area contributed by atoms with Gasteiger partial charge < -0.3 is 5.73 Å². The summed E-state index contributed by atoms with van der Waals surface area (Å²) in [4.78, 5) is 10.4. The number of hydrogen-bond acceptors (Lipinski definition) is 5. The highest BCUT2D eigenvalue weighted by atomic mass is 32.2. The second-order valence-electron chi connectivity index (χ2n) is 6.33. The Morgan fingerprint density at radius 3 is 2.42 bits per heavy atom. The van der Waals surface area contributed by atoms with Crippen molar-refractivity contribution in [1.29, 1.82) is 0 Å². The monoisotopic (exact) mass is 375 g/mol. The zero-order valence-electron chi connectivity index (χ0n) is 14.2. The number of nitrogens with two attached hydrogens (primary N) is 1. The van der Waals surface area contributed by atoms with Crippen LogP contribution in [-0.4, -0.2) is 30.7 Å². The highest BCUT2D eigenvalue weighted by Crippen LogP contribution is 2.40. The van der Waals surface area contributed by atoms with Gasteiger partial charge in [-0.2, -0.15) is 4.31 Å². The fourth-order valence-electron chi connectivity index (χ4n) is 3.60. The minimum atomic E-state index is -4.04. The van der Waals surface area contributed by atoms with Gasteiger partial charge in [0.2, 0.25) is 10.0 Å². The van der Waals surface area contributed by atoms with E-state index < -0.39 is 26.7 Å². The maximum Gasteiger partial charge on any atom is 0.289 e. The summed E-state index contributed by atoms with van der Waals surface area (Å²) in [6.07, 6.45) is 1.49. The predicted molar refractivity (Wildman–Crippen MR) is 97.9 cm³/mol. The van der Waals surface area contributed by atoms with Crippen molar-refractivity contribution in [1.82, 2.24) is 4.31 Å². The third kappa shape index (κ3) is 3.35. The second-order valence-corrected chi connectivity index (χ2v) is 8.19. The summed E-state index contributed by atoms with van der Waals surface area (Å²) in [6.45, 7) is 0.660. The number of nitro benzene ring substituents is 1. The molecule has 3 rings (SSSR count). The number of para-hydroxylation sites is 1. The summed E-state index contributed by atoms with van der Waals surface area (Å²) < 4.78 is 28.1. The van der Waals surface area contributed by atoms with Crippen LogP contribution < -0.4 is 5.73 Å².